The molecule has 0 bridgehead atoms. The van der Waals surface area contributed by atoms with Crippen molar-refractivity contribution in [2.24, 2.45) is 14.1 Å². The molecule has 144 valence electrons. The number of hydrogen-bond acceptors (Lipinski definition) is 3. The molecular formula is C19H14BrF2N3O3. The number of carbonyl (C=O) groups is 1. The van der Waals surface area contributed by atoms with E-state index in [1.807, 2.05) is 0 Å². The van der Waals surface area contributed by atoms with Crippen molar-refractivity contribution in [2.75, 3.05) is 5.32 Å². The van der Waals surface area contributed by atoms with Crippen molar-refractivity contribution in [3.8, 4) is 11.1 Å². The molecule has 0 unspecified atom stereocenters. The van der Waals surface area contributed by atoms with Gasteiger partial charge in [0.1, 0.15) is 11.4 Å². The molecule has 1 N–H and O–H groups in total. The lowest BCUT2D eigenvalue weighted by molar-refractivity contribution is 0.102. The average molecular weight is 450 g/mol. The summed E-state index contributed by atoms with van der Waals surface area (Å²) >= 11 is 3.05. The van der Waals surface area contributed by atoms with E-state index >= 15 is 0 Å². The number of carbonyl (C=O) groups excluding carboxylic acids is 1. The van der Waals surface area contributed by atoms with Gasteiger partial charge in [-0.05, 0) is 28.1 Å². The smallest absolute Gasteiger partial charge is 0.319 e. The van der Waals surface area contributed by atoms with E-state index in [2.05, 4.69) is 21.2 Å². The third-order valence-corrected chi connectivity index (χ3v) is 4.79. The minimum atomic E-state index is -0.887. The van der Waals surface area contributed by atoms with E-state index in [9.17, 15) is 23.2 Å². The Kier molecular flexibility index (Phi) is 5.28. The number of nitrogens with one attached hydrogen (secondary N) is 1. The number of hydrogen-bond donors (Lipinski definition) is 1. The molecule has 0 aliphatic rings. The molecule has 0 radical (unpaired) electrons. The first-order chi connectivity index (χ1) is 13.2. The zero-order valence-corrected chi connectivity index (χ0v) is 16.4. The summed E-state index contributed by atoms with van der Waals surface area (Å²) in [6, 6.07) is 8.57. The standard InChI is InChI=1S/C19H14BrF2N3O3/c1-24-9-12(18(27)25(2)19(24)28)17(26)23-14-8-4-6-11(16(14)22)10-5-3-7-13(20)15(10)21/h3-9H,1-2H3,(H,23,26). The number of aromatic nitrogens is 2. The van der Waals surface area contributed by atoms with E-state index in [0.29, 0.717) is 0 Å². The summed E-state index contributed by atoms with van der Waals surface area (Å²) in [6.45, 7) is 0. The fourth-order valence-corrected chi connectivity index (χ4v) is 3.07. The van der Waals surface area contributed by atoms with Crippen molar-refractivity contribution >= 4 is 27.5 Å². The van der Waals surface area contributed by atoms with Crippen molar-refractivity contribution in [1.82, 2.24) is 9.13 Å². The largest absolute Gasteiger partial charge is 0.330 e. The third-order valence-electron chi connectivity index (χ3n) is 4.18. The Balaban J connectivity index is 2.03. The first-order valence-corrected chi connectivity index (χ1v) is 8.82. The molecule has 3 rings (SSSR count). The molecule has 0 saturated heterocycles. The van der Waals surface area contributed by atoms with Gasteiger partial charge in [-0.2, -0.15) is 0 Å². The number of anilines is 1. The fourth-order valence-electron chi connectivity index (χ4n) is 2.70. The van der Waals surface area contributed by atoms with Crippen LogP contribution in [0, 0.1) is 11.6 Å². The van der Waals surface area contributed by atoms with Crippen LogP contribution >= 0.6 is 15.9 Å². The van der Waals surface area contributed by atoms with Crippen molar-refractivity contribution in [2.45, 2.75) is 0 Å². The van der Waals surface area contributed by atoms with Gasteiger partial charge in [0.15, 0.2) is 5.82 Å². The average Bonchev–Trinajstić information content (AvgIpc) is 2.67. The van der Waals surface area contributed by atoms with Gasteiger partial charge in [-0.3, -0.25) is 14.2 Å². The Morgan fingerprint density at radius 1 is 1.00 bits per heavy atom. The fraction of sp³-hybridized carbons (Fsp3) is 0.105. The molecule has 0 fully saturated rings. The van der Waals surface area contributed by atoms with E-state index in [1.54, 1.807) is 6.07 Å². The van der Waals surface area contributed by atoms with Gasteiger partial charge in [0.05, 0.1) is 10.2 Å². The summed E-state index contributed by atoms with van der Waals surface area (Å²) in [5, 5.41) is 2.31. The Hall–Kier alpha value is -3.07. The minimum absolute atomic E-state index is 0.0148. The van der Waals surface area contributed by atoms with Crippen LogP contribution in [0.15, 0.2) is 56.7 Å². The summed E-state index contributed by atoms with van der Waals surface area (Å²) in [5.74, 6) is -2.38. The maximum atomic E-state index is 14.9. The van der Waals surface area contributed by atoms with E-state index in [-0.39, 0.29) is 26.9 Å². The highest BCUT2D eigenvalue weighted by Gasteiger charge is 2.19. The van der Waals surface area contributed by atoms with Gasteiger partial charge in [-0.25, -0.2) is 13.6 Å². The minimum Gasteiger partial charge on any atom is -0.319 e. The number of rotatable bonds is 3. The predicted molar refractivity (Wildman–Crippen MR) is 104 cm³/mol. The second-order valence-corrected chi connectivity index (χ2v) is 6.88. The number of amides is 1. The van der Waals surface area contributed by atoms with Gasteiger partial charge in [0.25, 0.3) is 11.5 Å². The summed E-state index contributed by atoms with van der Waals surface area (Å²) < 4.78 is 31.3. The molecule has 1 amide bonds. The zero-order chi connectivity index (χ0) is 20.6. The maximum absolute atomic E-state index is 14.9. The number of aryl methyl sites for hydroxylation is 1. The van der Waals surface area contributed by atoms with Crippen molar-refractivity contribution < 1.29 is 13.6 Å². The molecule has 28 heavy (non-hydrogen) atoms. The molecule has 2 aromatic carbocycles. The van der Waals surface area contributed by atoms with Gasteiger partial charge in [-0.1, -0.05) is 24.3 Å². The van der Waals surface area contributed by atoms with E-state index in [4.69, 9.17) is 0 Å². The molecular weight excluding hydrogens is 436 g/mol. The maximum Gasteiger partial charge on any atom is 0.330 e. The first-order valence-electron chi connectivity index (χ1n) is 8.03. The van der Waals surface area contributed by atoms with Gasteiger partial charge in [0.2, 0.25) is 0 Å². The van der Waals surface area contributed by atoms with Crippen LogP contribution < -0.4 is 16.6 Å². The normalized spacial score (nSPS) is 10.8. The summed E-state index contributed by atoms with van der Waals surface area (Å²) in [4.78, 5) is 36.4. The lowest BCUT2D eigenvalue weighted by Crippen LogP contribution is -2.40. The van der Waals surface area contributed by atoms with Crippen LogP contribution in [0.1, 0.15) is 10.4 Å². The quantitative estimate of drug-likeness (QED) is 0.667. The summed E-state index contributed by atoms with van der Waals surface area (Å²) in [6.07, 6.45) is 1.08. The lowest BCUT2D eigenvalue weighted by Gasteiger charge is -2.12. The predicted octanol–water partition coefficient (Wildman–Crippen LogP) is 3.04. The summed E-state index contributed by atoms with van der Waals surface area (Å²) in [7, 11) is 2.62. The molecule has 6 nitrogen and oxygen atoms in total. The third kappa shape index (κ3) is 3.40. The number of nitrogens with zero attached hydrogens (tertiary/aromatic N) is 2. The number of benzene rings is 2. The van der Waals surface area contributed by atoms with Crippen LogP contribution in [0.3, 0.4) is 0 Å². The van der Waals surface area contributed by atoms with Crippen LogP contribution in [0.25, 0.3) is 11.1 Å². The van der Waals surface area contributed by atoms with Gasteiger partial charge < -0.3 is 9.88 Å². The first kappa shape index (κ1) is 19.7. The van der Waals surface area contributed by atoms with E-state index in [1.165, 1.54) is 44.4 Å². The Morgan fingerprint density at radius 2 is 1.61 bits per heavy atom. The number of halogens is 3. The zero-order valence-electron chi connectivity index (χ0n) is 14.8. The molecule has 0 aliphatic carbocycles. The van der Waals surface area contributed by atoms with Crippen molar-refractivity contribution in [3.63, 3.8) is 0 Å². The molecule has 0 spiro atoms. The molecule has 1 aromatic heterocycles. The molecule has 0 saturated carbocycles. The van der Waals surface area contributed by atoms with E-state index in [0.717, 1.165) is 15.3 Å². The lowest BCUT2D eigenvalue weighted by atomic mass is 10.0. The van der Waals surface area contributed by atoms with Crippen molar-refractivity contribution in [3.05, 3.63) is 85.1 Å². The van der Waals surface area contributed by atoms with Crippen LogP contribution in [0.2, 0.25) is 0 Å². The molecule has 3 aromatic rings. The monoisotopic (exact) mass is 449 g/mol. The highest BCUT2D eigenvalue weighted by molar-refractivity contribution is 9.10. The Labute approximate surface area is 166 Å². The SMILES string of the molecule is Cn1cc(C(=O)Nc2cccc(-c3cccc(Br)c3F)c2F)c(=O)n(C)c1=O. The molecule has 1 heterocycles. The second kappa shape index (κ2) is 7.51. The highest BCUT2D eigenvalue weighted by Crippen LogP contribution is 2.32. The second-order valence-electron chi connectivity index (χ2n) is 6.02. The van der Waals surface area contributed by atoms with Crippen LogP contribution in [0.5, 0.6) is 0 Å². The Bertz CT molecular complexity index is 1220. The van der Waals surface area contributed by atoms with Gasteiger partial charge in [-0.15, -0.1) is 0 Å². The van der Waals surface area contributed by atoms with Gasteiger partial charge in [0, 0.05) is 31.4 Å². The van der Waals surface area contributed by atoms with Crippen LogP contribution in [-0.2, 0) is 14.1 Å². The molecule has 9 heteroatoms. The Morgan fingerprint density at radius 3 is 2.29 bits per heavy atom. The summed E-state index contributed by atoms with van der Waals surface area (Å²) in [5.41, 5.74) is -2.00. The van der Waals surface area contributed by atoms with Crippen molar-refractivity contribution in [1.29, 1.82) is 0 Å². The topological polar surface area (TPSA) is 73.1 Å². The molecule has 0 atom stereocenters. The highest BCUT2D eigenvalue weighted by atomic mass is 79.9. The van der Waals surface area contributed by atoms with E-state index < -0.39 is 28.8 Å². The van der Waals surface area contributed by atoms with Crippen LogP contribution in [0.4, 0.5) is 14.5 Å². The molecule has 0 aliphatic heterocycles. The van der Waals surface area contributed by atoms with Crippen LogP contribution in [-0.4, -0.2) is 15.0 Å². The van der Waals surface area contributed by atoms with Gasteiger partial charge >= 0.3 is 5.69 Å².